The molecule has 1 heterocycles. The zero-order chi connectivity index (χ0) is 20.4. The number of hydrogen-bond acceptors (Lipinski definition) is 2. The van der Waals surface area contributed by atoms with Gasteiger partial charge in [-0.3, -0.25) is 9.59 Å². The minimum Gasteiger partial charge on any atom is -0.334 e. The minimum absolute atomic E-state index is 0.0189. The lowest BCUT2D eigenvalue weighted by molar-refractivity contribution is -0.132. The molecule has 0 spiro atoms. The zero-order valence-corrected chi connectivity index (χ0v) is 18.8. The van der Waals surface area contributed by atoms with Crippen molar-refractivity contribution in [2.45, 2.75) is 19.9 Å². The van der Waals surface area contributed by atoms with E-state index < -0.39 is 0 Å². The van der Waals surface area contributed by atoms with E-state index in [1.807, 2.05) is 38.1 Å². The van der Waals surface area contributed by atoms with Crippen molar-refractivity contribution >= 4 is 50.9 Å². The van der Waals surface area contributed by atoms with Crippen molar-refractivity contribution in [3.63, 3.8) is 0 Å². The first-order chi connectivity index (χ1) is 13.3. The lowest BCUT2D eigenvalue weighted by atomic mass is 10.0. The normalized spacial score (nSPS) is 17.0. The summed E-state index contributed by atoms with van der Waals surface area (Å²) in [5.41, 5.74) is 3.64. The van der Waals surface area contributed by atoms with Gasteiger partial charge in [0.15, 0.2) is 0 Å². The average molecular weight is 484 g/mol. The first-order valence-electron chi connectivity index (χ1n) is 8.98. The highest BCUT2D eigenvalue weighted by molar-refractivity contribution is 9.09. The van der Waals surface area contributed by atoms with Crippen LogP contribution in [0.4, 0.5) is 0 Å². The molecule has 7 heteroatoms. The van der Waals surface area contributed by atoms with Crippen molar-refractivity contribution in [2.75, 3.05) is 25.0 Å². The summed E-state index contributed by atoms with van der Waals surface area (Å²) in [6.07, 6.45) is 0. The van der Waals surface area contributed by atoms with E-state index in [1.165, 1.54) is 0 Å². The third-order valence-corrected chi connectivity index (χ3v) is 6.12. The molecule has 0 aliphatic carbocycles. The molecule has 0 unspecified atom stereocenters. The molecule has 4 nitrogen and oxygen atoms in total. The van der Waals surface area contributed by atoms with Gasteiger partial charge in [-0.05, 0) is 43.7 Å². The van der Waals surface area contributed by atoms with Gasteiger partial charge >= 0.3 is 0 Å². The van der Waals surface area contributed by atoms with E-state index in [0.717, 1.165) is 16.7 Å². The lowest BCUT2D eigenvalue weighted by Gasteiger charge is -2.41. The Kier molecular flexibility index (Phi) is 6.69. The number of benzene rings is 2. The van der Waals surface area contributed by atoms with Crippen molar-refractivity contribution < 1.29 is 9.59 Å². The van der Waals surface area contributed by atoms with Crippen LogP contribution in [-0.4, -0.2) is 46.6 Å². The Morgan fingerprint density at radius 1 is 1.04 bits per heavy atom. The number of hydrogen-bond donors (Lipinski definition) is 0. The summed E-state index contributed by atoms with van der Waals surface area (Å²) in [6, 6.07) is 10.9. The molecule has 2 amide bonds. The number of amides is 2. The molecule has 0 bridgehead atoms. The Labute approximate surface area is 183 Å². The van der Waals surface area contributed by atoms with E-state index in [-0.39, 0.29) is 23.2 Å². The molecular formula is C21H21BrCl2N2O2. The molecule has 2 aromatic rings. The summed E-state index contributed by atoms with van der Waals surface area (Å²) in [4.78, 5) is 29.2. The van der Waals surface area contributed by atoms with Crippen molar-refractivity contribution in [1.82, 2.24) is 9.80 Å². The Bertz CT molecular complexity index is 899. The molecule has 1 atom stereocenters. The van der Waals surface area contributed by atoms with Gasteiger partial charge < -0.3 is 9.80 Å². The highest BCUT2D eigenvalue weighted by atomic mass is 79.9. The number of piperazine rings is 1. The number of carbonyl (C=O) groups excluding carboxylic acids is 2. The van der Waals surface area contributed by atoms with Crippen LogP contribution in [0.5, 0.6) is 0 Å². The fourth-order valence-electron chi connectivity index (χ4n) is 3.63. The molecule has 1 aliphatic heterocycles. The van der Waals surface area contributed by atoms with E-state index >= 15 is 0 Å². The molecule has 1 fully saturated rings. The summed E-state index contributed by atoms with van der Waals surface area (Å²) in [6.45, 7) is 5.32. The monoisotopic (exact) mass is 482 g/mol. The standard InChI is InChI=1S/C21H21BrCl2N2O2/c1-13-7-14(2)9-16(8-13)21(28)25-5-6-26(20(27)11-22)19(12-25)15-3-4-17(23)18(24)10-15/h3-4,7-10,19H,5-6,11-12H2,1-2H3/t19-/m0/s1. The number of alkyl halides is 1. The SMILES string of the molecule is Cc1cc(C)cc(C(=O)N2CCN(C(=O)CBr)[C@H](c3ccc(Cl)c(Cl)c3)C2)c1. The van der Waals surface area contributed by atoms with Crippen molar-refractivity contribution in [3.8, 4) is 0 Å². The van der Waals surface area contributed by atoms with Gasteiger partial charge in [-0.1, -0.05) is 62.4 Å². The van der Waals surface area contributed by atoms with Gasteiger partial charge in [0.05, 0.1) is 21.4 Å². The number of aryl methyl sites for hydroxylation is 2. The first-order valence-corrected chi connectivity index (χ1v) is 10.9. The van der Waals surface area contributed by atoms with Crippen LogP contribution >= 0.6 is 39.1 Å². The van der Waals surface area contributed by atoms with Crippen LogP contribution in [0.25, 0.3) is 0 Å². The summed E-state index contributed by atoms with van der Waals surface area (Å²) < 4.78 is 0. The molecule has 2 aromatic carbocycles. The fraction of sp³-hybridized carbons (Fsp3) is 0.333. The van der Waals surface area contributed by atoms with Gasteiger partial charge in [0, 0.05) is 25.2 Å². The van der Waals surface area contributed by atoms with E-state index in [1.54, 1.807) is 21.9 Å². The van der Waals surface area contributed by atoms with Crippen molar-refractivity contribution in [1.29, 1.82) is 0 Å². The van der Waals surface area contributed by atoms with Crippen LogP contribution in [0.1, 0.15) is 33.1 Å². The van der Waals surface area contributed by atoms with Gasteiger partial charge in [-0.15, -0.1) is 0 Å². The second kappa shape index (κ2) is 8.85. The quantitative estimate of drug-likeness (QED) is 0.574. The maximum atomic E-state index is 13.1. The Balaban J connectivity index is 1.91. The third kappa shape index (κ3) is 4.53. The molecule has 0 aromatic heterocycles. The van der Waals surface area contributed by atoms with Crippen LogP contribution in [0.15, 0.2) is 36.4 Å². The van der Waals surface area contributed by atoms with Crippen LogP contribution in [0.3, 0.4) is 0 Å². The maximum Gasteiger partial charge on any atom is 0.254 e. The zero-order valence-electron chi connectivity index (χ0n) is 15.7. The topological polar surface area (TPSA) is 40.6 Å². The van der Waals surface area contributed by atoms with Gasteiger partial charge in [-0.25, -0.2) is 0 Å². The molecule has 3 rings (SSSR count). The van der Waals surface area contributed by atoms with E-state index in [4.69, 9.17) is 23.2 Å². The van der Waals surface area contributed by atoms with E-state index in [0.29, 0.717) is 35.2 Å². The average Bonchev–Trinajstić information content (AvgIpc) is 2.67. The molecular weight excluding hydrogens is 463 g/mol. The van der Waals surface area contributed by atoms with Crippen molar-refractivity contribution in [3.05, 3.63) is 68.7 Å². The molecule has 0 saturated carbocycles. The van der Waals surface area contributed by atoms with Crippen LogP contribution in [-0.2, 0) is 4.79 Å². The van der Waals surface area contributed by atoms with E-state index in [2.05, 4.69) is 15.9 Å². The minimum atomic E-state index is -0.275. The van der Waals surface area contributed by atoms with Crippen LogP contribution in [0, 0.1) is 13.8 Å². The largest absolute Gasteiger partial charge is 0.334 e. The van der Waals surface area contributed by atoms with Gasteiger partial charge in [0.25, 0.3) is 5.91 Å². The van der Waals surface area contributed by atoms with Crippen molar-refractivity contribution in [2.24, 2.45) is 0 Å². The summed E-state index contributed by atoms with van der Waals surface area (Å²) in [5.74, 6) is -0.0441. The van der Waals surface area contributed by atoms with Gasteiger partial charge in [-0.2, -0.15) is 0 Å². The summed E-state index contributed by atoms with van der Waals surface area (Å²) in [5, 5.41) is 1.13. The molecule has 1 aliphatic rings. The highest BCUT2D eigenvalue weighted by Gasteiger charge is 2.33. The predicted octanol–water partition coefficient (Wildman–Crippen LogP) is 5.03. The predicted molar refractivity (Wildman–Crippen MR) is 117 cm³/mol. The Morgan fingerprint density at radius 3 is 2.32 bits per heavy atom. The summed E-state index contributed by atoms with van der Waals surface area (Å²) >= 11 is 15.5. The Hall–Kier alpha value is -1.56. The van der Waals surface area contributed by atoms with Gasteiger partial charge in [0.2, 0.25) is 5.91 Å². The van der Waals surface area contributed by atoms with E-state index in [9.17, 15) is 9.59 Å². The second-order valence-corrected chi connectivity index (χ2v) is 8.41. The molecule has 148 valence electrons. The van der Waals surface area contributed by atoms with Crippen LogP contribution < -0.4 is 0 Å². The van der Waals surface area contributed by atoms with Gasteiger partial charge in [0.1, 0.15) is 0 Å². The molecule has 0 radical (unpaired) electrons. The number of halogens is 3. The molecule has 0 N–H and O–H groups in total. The highest BCUT2D eigenvalue weighted by Crippen LogP contribution is 2.31. The smallest absolute Gasteiger partial charge is 0.254 e. The summed E-state index contributed by atoms with van der Waals surface area (Å²) in [7, 11) is 0. The third-order valence-electron chi connectivity index (χ3n) is 4.90. The molecule has 1 saturated heterocycles. The number of carbonyl (C=O) groups is 2. The maximum absolute atomic E-state index is 13.1. The first kappa shape index (κ1) is 21.2. The number of nitrogens with zero attached hydrogens (tertiary/aromatic N) is 2. The fourth-order valence-corrected chi connectivity index (χ4v) is 4.26. The number of rotatable bonds is 3. The lowest BCUT2D eigenvalue weighted by Crippen LogP contribution is -2.52. The van der Waals surface area contributed by atoms with Crippen LogP contribution in [0.2, 0.25) is 10.0 Å². The molecule has 28 heavy (non-hydrogen) atoms. The Morgan fingerprint density at radius 2 is 1.71 bits per heavy atom. The second-order valence-electron chi connectivity index (χ2n) is 7.04.